The number of para-hydroxylation sites is 3. The number of amides is 3. The van der Waals surface area contributed by atoms with Gasteiger partial charge in [-0.3, -0.25) is 14.4 Å². The number of hydrogen-bond donors (Lipinski definition) is 7. The highest BCUT2D eigenvalue weighted by atomic mass is 16.2. The zero-order valence-corrected chi connectivity index (χ0v) is 35.3. The Morgan fingerprint density at radius 2 is 0.803 bits per heavy atom. The molecule has 0 saturated carbocycles. The maximum atomic E-state index is 12.2. The van der Waals surface area contributed by atoms with Crippen LogP contribution < -0.4 is 37.2 Å². The van der Waals surface area contributed by atoms with E-state index in [-0.39, 0.29) is 34.0 Å². The van der Waals surface area contributed by atoms with Crippen molar-refractivity contribution in [3.63, 3.8) is 0 Å². The Balaban J connectivity index is 0.000000104. The third-order valence-electron chi connectivity index (χ3n) is 14.8. The lowest BCUT2D eigenvalue weighted by Crippen LogP contribution is -2.48. The van der Waals surface area contributed by atoms with Gasteiger partial charge in [0.1, 0.15) is 0 Å². The molecule has 4 fully saturated rings. The number of rotatable bonds is 0. The minimum Gasteiger partial charge on any atom is -0.325 e. The molecule has 8 aliphatic rings. The Bertz CT molecular complexity index is 2180. The molecule has 10 heteroatoms. The summed E-state index contributed by atoms with van der Waals surface area (Å²) >= 11 is 0. The number of allylic oxidation sites excluding steroid dienone is 1. The highest BCUT2D eigenvalue weighted by molar-refractivity contribution is 6.06. The molecule has 4 spiro atoms. The molecule has 10 nitrogen and oxygen atoms in total. The summed E-state index contributed by atoms with van der Waals surface area (Å²) in [6.07, 6.45) is 14.6. The number of nitrogens with one attached hydrogen (secondary N) is 7. The fraction of sp³-hybridized carbons (Fsp3) is 0.431. The molecule has 4 saturated heterocycles. The topological polar surface area (TPSA) is 135 Å². The van der Waals surface area contributed by atoms with Gasteiger partial charge >= 0.3 is 0 Å². The highest BCUT2D eigenvalue weighted by Crippen LogP contribution is 2.45. The zero-order chi connectivity index (χ0) is 41.8. The average Bonchev–Trinajstić information content (AvgIpc) is 3.79. The lowest BCUT2D eigenvalue weighted by molar-refractivity contribution is -0.128. The van der Waals surface area contributed by atoms with Crippen molar-refractivity contribution < 1.29 is 14.4 Å². The van der Waals surface area contributed by atoms with Crippen molar-refractivity contribution in [3.8, 4) is 0 Å². The molecule has 7 aliphatic heterocycles. The molecule has 0 aromatic heterocycles. The Morgan fingerprint density at radius 1 is 0.393 bits per heavy atom. The molecule has 318 valence electrons. The van der Waals surface area contributed by atoms with Gasteiger partial charge in [0.2, 0.25) is 17.7 Å². The first-order chi connectivity index (χ1) is 29.8. The summed E-state index contributed by atoms with van der Waals surface area (Å²) in [4.78, 5) is 36.5. The number of piperidine rings is 4. The molecule has 0 atom stereocenters. The van der Waals surface area contributed by atoms with Crippen LogP contribution in [0.25, 0.3) is 6.08 Å². The molecule has 0 unspecified atom stereocenters. The van der Waals surface area contributed by atoms with Crippen molar-refractivity contribution in [2.75, 3.05) is 68.3 Å². The molecule has 7 heterocycles. The van der Waals surface area contributed by atoms with Gasteiger partial charge in [0, 0.05) is 22.5 Å². The van der Waals surface area contributed by atoms with E-state index in [4.69, 9.17) is 0 Å². The van der Waals surface area contributed by atoms with Gasteiger partial charge in [0.15, 0.2) is 0 Å². The number of carbonyl (C=O) groups is 3. The van der Waals surface area contributed by atoms with Crippen LogP contribution in [0.4, 0.5) is 17.1 Å². The fourth-order valence-corrected chi connectivity index (χ4v) is 11.1. The van der Waals surface area contributed by atoms with Crippen LogP contribution in [0.15, 0.2) is 103 Å². The SMILES string of the molecule is C1=CC2(CCNCC2)c2ccccc21.O=C1Nc2ccccc2C12CCNCC2.O=C1Nc2ccccc2CC12CCNCC2.O=C1Nc2ccccc2CC12CCNCC2. The van der Waals surface area contributed by atoms with Crippen molar-refractivity contribution in [2.45, 2.75) is 75.0 Å². The number of anilines is 3. The van der Waals surface area contributed by atoms with Crippen LogP contribution >= 0.6 is 0 Å². The lowest BCUT2D eigenvalue weighted by Gasteiger charge is -2.39. The molecule has 1 aliphatic carbocycles. The number of fused-ring (bicyclic) bond motifs is 6. The van der Waals surface area contributed by atoms with Crippen molar-refractivity contribution >= 4 is 40.9 Å². The molecule has 4 aromatic rings. The Hall–Kier alpha value is -5.13. The molecule has 4 aromatic carbocycles. The van der Waals surface area contributed by atoms with Gasteiger partial charge in [-0.25, -0.2) is 0 Å². The number of benzene rings is 4. The third kappa shape index (κ3) is 8.19. The van der Waals surface area contributed by atoms with Crippen LogP contribution in [0.2, 0.25) is 0 Å². The molecular formula is C51H61N7O3. The van der Waals surface area contributed by atoms with Gasteiger partial charge < -0.3 is 37.2 Å². The first kappa shape index (κ1) is 41.2. The summed E-state index contributed by atoms with van der Waals surface area (Å²) in [5.74, 6) is 0.616. The molecule has 12 rings (SSSR count). The summed E-state index contributed by atoms with van der Waals surface area (Å²) in [5.41, 5.74) is 9.53. The Labute approximate surface area is 360 Å². The van der Waals surface area contributed by atoms with Crippen LogP contribution in [-0.2, 0) is 38.1 Å². The van der Waals surface area contributed by atoms with Gasteiger partial charge in [0.05, 0.1) is 16.2 Å². The van der Waals surface area contributed by atoms with E-state index in [0.29, 0.717) is 5.41 Å². The predicted molar refractivity (Wildman–Crippen MR) is 245 cm³/mol. The maximum absolute atomic E-state index is 12.2. The summed E-state index contributed by atoms with van der Waals surface area (Å²) in [7, 11) is 0. The van der Waals surface area contributed by atoms with Gasteiger partial charge in [0.25, 0.3) is 0 Å². The highest BCUT2D eigenvalue weighted by Gasteiger charge is 2.47. The second-order valence-electron chi connectivity index (χ2n) is 18.3. The van der Waals surface area contributed by atoms with Crippen molar-refractivity contribution in [3.05, 3.63) is 131 Å². The largest absolute Gasteiger partial charge is 0.325 e. The van der Waals surface area contributed by atoms with E-state index in [1.165, 1.54) is 35.1 Å². The standard InChI is InChI=1S/2C13H16N2O.C13H15N.C12H14N2O/c2*16-12-13(5-7-14-8-6-13)9-10-3-1-2-4-11(10)15-12;1-2-4-12-11(3-1)5-6-13(12)7-9-14-10-8-13;15-11-12(5-7-13-8-6-12)9-3-1-2-4-10(9)14-11/h2*1-4,14H,5-9H2,(H,15,16);1-6,14H,7-10H2;1-4,13H,5-8H2,(H,14,15). The number of carbonyl (C=O) groups excluding carboxylic acids is 3. The minimum absolute atomic E-state index is 0.153. The number of hydrogen-bond acceptors (Lipinski definition) is 7. The smallest absolute Gasteiger partial charge is 0.235 e. The molecule has 0 radical (unpaired) electrons. The summed E-state index contributed by atoms with van der Waals surface area (Å²) < 4.78 is 0. The van der Waals surface area contributed by atoms with Crippen LogP contribution in [0.1, 0.15) is 79.2 Å². The first-order valence-electron chi connectivity index (χ1n) is 22.7. The first-order valence-corrected chi connectivity index (χ1v) is 22.7. The van der Waals surface area contributed by atoms with Gasteiger partial charge in [-0.05, 0) is 163 Å². The van der Waals surface area contributed by atoms with E-state index in [0.717, 1.165) is 121 Å². The normalized spacial score (nSPS) is 22.6. The molecule has 61 heavy (non-hydrogen) atoms. The van der Waals surface area contributed by atoms with E-state index in [2.05, 4.69) is 91.8 Å². The molecule has 7 N–H and O–H groups in total. The van der Waals surface area contributed by atoms with Crippen LogP contribution in [0.5, 0.6) is 0 Å². The van der Waals surface area contributed by atoms with E-state index in [9.17, 15) is 14.4 Å². The van der Waals surface area contributed by atoms with Crippen LogP contribution in [0.3, 0.4) is 0 Å². The molecular weight excluding hydrogens is 759 g/mol. The second kappa shape index (κ2) is 17.7. The fourth-order valence-electron chi connectivity index (χ4n) is 11.1. The van der Waals surface area contributed by atoms with Gasteiger partial charge in [-0.2, -0.15) is 0 Å². The quantitative estimate of drug-likeness (QED) is 0.105. The van der Waals surface area contributed by atoms with Crippen molar-refractivity contribution in [2.24, 2.45) is 10.8 Å². The average molecular weight is 820 g/mol. The lowest BCUT2D eigenvalue weighted by atomic mass is 9.71. The molecule has 0 bridgehead atoms. The summed E-state index contributed by atoms with van der Waals surface area (Å²) in [5, 5.41) is 22.5. The van der Waals surface area contributed by atoms with E-state index in [1.54, 1.807) is 5.56 Å². The van der Waals surface area contributed by atoms with Crippen molar-refractivity contribution in [1.82, 2.24) is 21.3 Å². The van der Waals surface area contributed by atoms with E-state index < -0.39 is 0 Å². The maximum Gasteiger partial charge on any atom is 0.235 e. The monoisotopic (exact) mass is 819 g/mol. The third-order valence-corrected chi connectivity index (χ3v) is 14.8. The second-order valence-corrected chi connectivity index (χ2v) is 18.3. The van der Waals surface area contributed by atoms with Gasteiger partial charge in [-0.1, -0.05) is 91.0 Å². The van der Waals surface area contributed by atoms with Crippen LogP contribution in [-0.4, -0.2) is 70.1 Å². The van der Waals surface area contributed by atoms with Gasteiger partial charge in [-0.15, -0.1) is 0 Å². The summed E-state index contributed by atoms with van der Waals surface area (Å²) in [6.45, 7) is 7.98. The Morgan fingerprint density at radius 3 is 1.34 bits per heavy atom. The summed E-state index contributed by atoms with van der Waals surface area (Å²) in [6, 6.07) is 33.1. The zero-order valence-electron chi connectivity index (χ0n) is 35.3. The predicted octanol–water partition coefficient (Wildman–Crippen LogP) is 6.70. The van der Waals surface area contributed by atoms with E-state index >= 15 is 0 Å². The van der Waals surface area contributed by atoms with Crippen LogP contribution in [0, 0.1) is 10.8 Å². The van der Waals surface area contributed by atoms with E-state index in [1.807, 2.05) is 54.6 Å². The van der Waals surface area contributed by atoms with Crippen molar-refractivity contribution in [1.29, 1.82) is 0 Å². The molecule has 3 amide bonds. The minimum atomic E-state index is -0.248. The Kier molecular flexibility index (Phi) is 12.0.